The Balaban J connectivity index is 2.43. The van der Waals surface area contributed by atoms with Crippen molar-refractivity contribution in [3.05, 3.63) is 18.0 Å². The van der Waals surface area contributed by atoms with E-state index >= 15 is 0 Å². The van der Waals surface area contributed by atoms with E-state index in [9.17, 15) is 4.79 Å². The zero-order valence-electron chi connectivity index (χ0n) is 8.92. The Labute approximate surface area is 84.1 Å². The van der Waals surface area contributed by atoms with Gasteiger partial charge in [-0.3, -0.25) is 9.89 Å². The quantitative estimate of drug-likeness (QED) is 0.766. The fourth-order valence-corrected chi connectivity index (χ4v) is 0.922. The molecule has 0 saturated carbocycles. The number of nitrogens with zero attached hydrogens (tertiary/aromatic N) is 1. The van der Waals surface area contributed by atoms with Gasteiger partial charge in [0.05, 0.1) is 11.8 Å². The Morgan fingerprint density at radius 2 is 2.36 bits per heavy atom. The normalized spacial score (nSPS) is 11.4. The second kappa shape index (κ2) is 4.26. The van der Waals surface area contributed by atoms with Crippen molar-refractivity contribution in [2.75, 3.05) is 6.54 Å². The third-order valence-corrected chi connectivity index (χ3v) is 2.45. The standard InChI is InChI=1S/C10H17N3O/c1-4-10(2,3)7-11-9(14)8-5-12-13-6-8/h5-6H,4,7H2,1-3H3,(H,11,14)(H,12,13). The number of aromatic nitrogens is 2. The lowest BCUT2D eigenvalue weighted by Crippen LogP contribution is -2.33. The lowest BCUT2D eigenvalue weighted by atomic mass is 9.90. The average molecular weight is 195 g/mol. The minimum atomic E-state index is -0.0692. The third kappa shape index (κ3) is 2.87. The van der Waals surface area contributed by atoms with Gasteiger partial charge in [-0.1, -0.05) is 20.8 Å². The molecule has 1 heterocycles. The number of hydrogen-bond acceptors (Lipinski definition) is 2. The van der Waals surface area contributed by atoms with Crippen LogP contribution in [0.2, 0.25) is 0 Å². The molecule has 4 heteroatoms. The minimum absolute atomic E-state index is 0.0692. The molecule has 0 aliphatic carbocycles. The number of carbonyl (C=O) groups is 1. The van der Waals surface area contributed by atoms with Gasteiger partial charge in [0.1, 0.15) is 0 Å². The van der Waals surface area contributed by atoms with Crippen LogP contribution >= 0.6 is 0 Å². The summed E-state index contributed by atoms with van der Waals surface area (Å²) < 4.78 is 0. The van der Waals surface area contributed by atoms with E-state index in [2.05, 4.69) is 36.3 Å². The van der Waals surface area contributed by atoms with Crippen molar-refractivity contribution < 1.29 is 4.79 Å². The van der Waals surface area contributed by atoms with Crippen LogP contribution in [-0.4, -0.2) is 22.6 Å². The molecular formula is C10H17N3O. The van der Waals surface area contributed by atoms with E-state index in [4.69, 9.17) is 0 Å². The Kier molecular flexibility index (Phi) is 3.28. The highest BCUT2D eigenvalue weighted by molar-refractivity contribution is 5.93. The number of aromatic amines is 1. The average Bonchev–Trinajstić information content (AvgIpc) is 2.67. The molecule has 0 bridgehead atoms. The van der Waals surface area contributed by atoms with E-state index in [1.54, 1.807) is 6.20 Å². The lowest BCUT2D eigenvalue weighted by Gasteiger charge is -2.22. The Hall–Kier alpha value is -1.32. The summed E-state index contributed by atoms with van der Waals surface area (Å²) in [6, 6.07) is 0. The number of rotatable bonds is 4. The zero-order valence-corrected chi connectivity index (χ0v) is 8.92. The van der Waals surface area contributed by atoms with Crippen LogP contribution in [0.3, 0.4) is 0 Å². The van der Waals surface area contributed by atoms with Crippen LogP contribution in [-0.2, 0) is 0 Å². The van der Waals surface area contributed by atoms with E-state index in [0.717, 1.165) is 6.42 Å². The van der Waals surface area contributed by atoms with Crippen molar-refractivity contribution in [1.29, 1.82) is 0 Å². The molecule has 4 nitrogen and oxygen atoms in total. The van der Waals surface area contributed by atoms with Crippen LogP contribution in [0.15, 0.2) is 12.4 Å². The summed E-state index contributed by atoms with van der Waals surface area (Å²) in [6.07, 6.45) is 4.15. The van der Waals surface area contributed by atoms with Crippen molar-refractivity contribution >= 4 is 5.91 Å². The molecule has 1 rings (SSSR count). The van der Waals surface area contributed by atoms with Crippen molar-refractivity contribution in [2.45, 2.75) is 27.2 Å². The van der Waals surface area contributed by atoms with Gasteiger partial charge in [-0.15, -0.1) is 0 Å². The summed E-state index contributed by atoms with van der Waals surface area (Å²) in [7, 11) is 0. The molecule has 2 N–H and O–H groups in total. The SMILES string of the molecule is CCC(C)(C)CNC(=O)c1cn[nH]c1. The highest BCUT2D eigenvalue weighted by Crippen LogP contribution is 2.17. The van der Waals surface area contributed by atoms with Gasteiger partial charge in [-0.2, -0.15) is 5.10 Å². The molecule has 0 spiro atoms. The molecule has 0 atom stereocenters. The number of hydrogen-bond donors (Lipinski definition) is 2. The smallest absolute Gasteiger partial charge is 0.254 e. The molecule has 0 aliphatic rings. The second-order valence-electron chi connectivity index (χ2n) is 4.19. The van der Waals surface area contributed by atoms with Crippen LogP contribution in [0.4, 0.5) is 0 Å². The van der Waals surface area contributed by atoms with Gasteiger partial charge in [0.25, 0.3) is 5.91 Å². The molecule has 0 saturated heterocycles. The first-order valence-electron chi connectivity index (χ1n) is 4.82. The monoisotopic (exact) mass is 195 g/mol. The first kappa shape index (κ1) is 10.8. The fourth-order valence-electron chi connectivity index (χ4n) is 0.922. The molecule has 1 aromatic heterocycles. The molecule has 14 heavy (non-hydrogen) atoms. The highest BCUT2D eigenvalue weighted by Gasteiger charge is 2.16. The first-order chi connectivity index (χ1) is 6.55. The van der Waals surface area contributed by atoms with E-state index in [-0.39, 0.29) is 11.3 Å². The summed E-state index contributed by atoms with van der Waals surface area (Å²) in [6.45, 7) is 7.06. The third-order valence-electron chi connectivity index (χ3n) is 2.45. The number of amides is 1. The maximum atomic E-state index is 11.5. The van der Waals surface area contributed by atoms with Crippen molar-refractivity contribution in [1.82, 2.24) is 15.5 Å². The Bertz CT molecular complexity index is 290. The summed E-state index contributed by atoms with van der Waals surface area (Å²) in [5.41, 5.74) is 0.733. The maximum Gasteiger partial charge on any atom is 0.254 e. The van der Waals surface area contributed by atoms with Gasteiger partial charge in [0, 0.05) is 12.7 Å². The molecule has 78 valence electrons. The van der Waals surface area contributed by atoms with Crippen LogP contribution in [0.1, 0.15) is 37.6 Å². The molecule has 0 aromatic carbocycles. The summed E-state index contributed by atoms with van der Waals surface area (Å²) in [5.74, 6) is -0.0692. The number of H-pyrrole nitrogens is 1. The van der Waals surface area contributed by atoms with Crippen LogP contribution in [0.25, 0.3) is 0 Å². The molecular weight excluding hydrogens is 178 g/mol. The van der Waals surface area contributed by atoms with E-state index < -0.39 is 0 Å². The summed E-state index contributed by atoms with van der Waals surface area (Å²) in [4.78, 5) is 11.5. The van der Waals surface area contributed by atoms with Crippen molar-refractivity contribution in [3.8, 4) is 0 Å². The largest absolute Gasteiger partial charge is 0.351 e. The van der Waals surface area contributed by atoms with Gasteiger partial charge in [-0.25, -0.2) is 0 Å². The molecule has 0 unspecified atom stereocenters. The molecule has 0 radical (unpaired) electrons. The van der Waals surface area contributed by atoms with Crippen LogP contribution < -0.4 is 5.32 Å². The molecule has 1 aromatic rings. The van der Waals surface area contributed by atoms with Crippen LogP contribution in [0.5, 0.6) is 0 Å². The summed E-state index contributed by atoms with van der Waals surface area (Å²) in [5, 5.41) is 9.21. The molecule has 0 fully saturated rings. The van der Waals surface area contributed by atoms with Gasteiger partial charge >= 0.3 is 0 Å². The van der Waals surface area contributed by atoms with Crippen molar-refractivity contribution in [3.63, 3.8) is 0 Å². The Morgan fingerprint density at radius 1 is 1.64 bits per heavy atom. The molecule has 0 aliphatic heterocycles. The molecule has 1 amide bonds. The number of carbonyl (C=O) groups excluding carboxylic acids is 1. The zero-order chi connectivity index (χ0) is 10.6. The van der Waals surface area contributed by atoms with E-state index in [1.165, 1.54) is 6.20 Å². The van der Waals surface area contributed by atoms with Crippen molar-refractivity contribution in [2.24, 2.45) is 5.41 Å². The van der Waals surface area contributed by atoms with E-state index in [0.29, 0.717) is 12.1 Å². The van der Waals surface area contributed by atoms with E-state index in [1.807, 2.05) is 0 Å². The highest BCUT2D eigenvalue weighted by atomic mass is 16.1. The fraction of sp³-hybridized carbons (Fsp3) is 0.600. The van der Waals surface area contributed by atoms with Gasteiger partial charge < -0.3 is 5.32 Å². The second-order valence-corrected chi connectivity index (χ2v) is 4.19. The minimum Gasteiger partial charge on any atom is -0.351 e. The van der Waals surface area contributed by atoms with Crippen LogP contribution in [0, 0.1) is 5.41 Å². The maximum absolute atomic E-state index is 11.5. The number of nitrogens with one attached hydrogen (secondary N) is 2. The Morgan fingerprint density at radius 3 is 2.86 bits per heavy atom. The predicted octanol–water partition coefficient (Wildman–Crippen LogP) is 1.58. The van der Waals surface area contributed by atoms with Gasteiger partial charge in [-0.05, 0) is 11.8 Å². The lowest BCUT2D eigenvalue weighted by molar-refractivity contribution is 0.0936. The first-order valence-corrected chi connectivity index (χ1v) is 4.82. The topological polar surface area (TPSA) is 57.8 Å². The van der Waals surface area contributed by atoms with Gasteiger partial charge in [0.15, 0.2) is 0 Å². The summed E-state index contributed by atoms with van der Waals surface area (Å²) >= 11 is 0. The predicted molar refractivity (Wildman–Crippen MR) is 55.0 cm³/mol. The van der Waals surface area contributed by atoms with Gasteiger partial charge in [0.2, 0.25) is 0 Å².